The van der Waals surface area contributed by atoms with Crippen molar-refractivity contribution in [1.82, 2.24) is 5.32 Å². The lowest BCUT2D eigenvalue weighted by atomic mass is 10.0. The van der Waals surface area contributed by atoms with Gasteiger partial charge in [-0.15, -0.1) is 0 Å². The third kappa shape index (κ3) is 4.28. The van der Waals surface area contributed by atoms with E-state index in [1.54, 1.807) is 25.1 Å². The molecule has 1 aromatic heterocycles. The maximum atomic E-state index is 12.5. The molecule has 0 aliphatic rings. The molecule has 26 heavy (non-hydrogen) atoms. The molecule has 2 rings (SSSR count). The lowest BCUT2D eigenvalue weighted by Gasteiger charge is -2.25. The Hall–Kier alpha value is -3.13. The molecule has 0 aliphatic carbocycles. The van der Waals surface area contributed by atoms with E-state index in [0.29, 0.717) is 5.69 Å². The number of furan rings is 1. The monoisotopic (exact) mass is 360 g/mol. The summed E-state index contributed by atoms with van der Waals surface area (Å²) >= 11 is 0. The summed E-state index contributed by atoms with van der Waals surface area (Å²) in [6.07, 6.45) is 1.38. The molecule has 2 amide bonds. The van der Waals surface area contributed by atoms with Crippen molar-refractivity contribution in [1.29, 1.82) is 0 Å². The highest BCUT2D eigenvalue weighted by atomic mass is 16.5. The number of carbonyl (C=O) groups is 3. The molecule has 0 fully saturated rings. The second kappa shape index (κ2) is 7.83. The van der Waals surface area contributed by atoms with Crippen LogP contribution >= 0.6 is 0 Å². The van der Waals surface area contributed by atoms with E-state index in [1.807, 2.05) is 0 Å². The molecule has 0 saturated heterocycles. The number of anilines is 1. The van der Waals surface area contributed by atoms with Crippen molar-refractivity contribution in [2.45, 2.75) is 19.4 Å². The van der Waals surface area contributed by atoms with Crippen molar-refractivity contribution in [2.24, 2.45) is 0 Å². The lowest BCUT2D eigenvalue weighted by Crippen LogP contribution is -2.55. The van der Waals surface area contributed by atoms with E-state index in [9.17, 15) is 19.5 Å². The quantitative estimate of drug-likeness (QED) is 0.696. The molecule has 1 unspecified atom stereocenters. The van der Waals surface area contributed by atoms with Gasteiger partial charge in [-0.2, -0.15) is 0 Å². The number of hydrogen-bond donors (Lipinski definition) is 3. The molecule has 2 aromatic rings. The molecule has 1 aromatic carbocycles. The van der Waals surface area contributed by atoms with Crippen molar-refractivity contribution in [3.8, 4) is 0 Å². The molecule has 138 valence electrons. The summed E-state index contributed by atoms with van der Waals surface area (Å²) in [5.41, 5.74) is -0.218. The second-order valence-electron chi connectivity index (χ2n) is 5.99. The molecule has 8 nitrogen and oxygen atoms in total. The fraction of sp³-hybridized carbons (Fsp3) is 0.278. The van der Waals surface area contributed by atoms with E-state index in [1.165, 1.54) is 32.4 Å². The van der Waals surface area contributed by atoms with Gasteiger partial charge in [-0.1, -0.05) is 6.07 Å². The van der Waals surface area contributed by atoms with Crippen LogP contribution in [0.4, 0.5) is 5.69 Å². The minimum absolute atomic E-state index is 0.137. The van der Waals surface area contributed by atoms with E-state index < -0.39 is 23.3 Å². The highest BCUT2D eigenvalue weighted by Gasteiger charge is 2.35. The molecular weight excluding hydrogens is 340 g/mol. The zero-order valence-corrected chi connectivity index (χ0v) is 14.7. The van der Waals surface area contributed by atoms with E-state index in [4.69, 9.17) is 9.15 Å². The van der Waals surface area contributed by atoms with Crippen LogP contribution in [0, 0.1) is 6.92 Å². The third-order valence-electron chi connectivity index (χ3n) is 3.79. The molecular formula is C18H20N2O6. The van der Waals surface area contributed by atoms with Crippen LogP contribution in [0.2, 0.25) is 0 Å². The third-order valence-corrected chi connectivity index (χ3v) is 3.79. The molecule has 0 radical (unpaired) electrons. The standard InChI is InChI=1S/C18H20N2O6/c1-11-6-7-12(15(21)20-18(2,10-25-3)17(23)24)9-13(11)19-16(22)14-5-4-8-26-14/h4-9H,10H2,1-3H3,(H,19,22)(H,20,21)(H,23,24). The van der Waals surface area contributed by atoms with E-state index in [2.05, 4.69) is 10.6 Å². The maximum absolute atomic E-state index is 12.5. The highest BCUT2D eigenvalue weighted by molar-refractivity contribution is 6.04. The molecule has 0 spiro atoms. The Balaban J connectivity index is 2.21. The van der Waals surface area contributed by atoms with Crippen molar-refractivity contribution in [3.63, 3.8) is 0 Å². The number of amides is 2. The Morgan fingerprint density at radius 2 is 1.96 bits per heavy atom. The molecule has 0 aliphatic heterocycles. The van der Waals surface area contributed by atoms with E-state index >= 15 is 0 Å². The van der Waals surface area contributed by atoms with Crippen molar-refractivity contribution < 1.29 is 28.6 Å². The first kappa shape index (κ1) is 19.2. The van der Waals surface area contributed by atoms with Gasteiger partial charge in [-0.3, -0.25) is 9.59 Å². The number of methoxy groups -OCH3 is 1. The summed E-state index contributed by atoms with van der Waals surface area (Å²) < 4.78 is 9.91. The van der Waals surface area contributed by atoms with Crippen molar-refractivity contribution in [3.05, 3.63) is 53.5 Å². The Bertz CT molecular complexity index is 815. The molecule has 0 saturated carbocycles. The van der Waals surface area contributed by atoms with Crippen LogP contribution in [0.1, 0.15) is 33.4 Å². The van der Waals surface area contributed by atoms with Crippen molar-refractivity contribution in [2.75, 3.05) is 19.0 Å². The first-order valence-electron chi connectivity index (χ1n) is 7.77. The predicted molar refractivity (Wildman–Crippen MR) is 93.2 cm³/mol. The Labute approximate surface area is 150 Å². The lowest BCUT2D eigenvalue weighted by molar-refractivity contribution is -0.145. The summed E-state index contributed by atoms with van der Waals surface area (Å²) in [5, 5.41) is 14.4. The first-order chi connectivity index (χ1) is 12.3. The predicted octanol–water partition coefficient (Wildman–Crippen LogP) is 2.06. The van der Waals surface area contributed by atoms with E-state index in [-0.39, 0.29) is 17.9 Å². The first-order valence-corrected chi connectivity index (χ1v) is 7.77. The fourth-order valence-electron chi connectivity index (χ4n) is 2.25. The summed E-state index contributed by atoms with van der Waals surface area (Å²) in [4.78, 5) is 36.0. The maximum Gasteiger partial charge on any atom is 0.331 e. The second-order valence-corrected chi connectivity index (χ2v) is 5.99. The highest BCUT2D eigenvalue weighted by Crippen LogP contribution is 2.19. The van der Waals surface area contributed by atoms with Gasteiger partial charge < -0.3 is 24.9 Å². The molecule has 1 atom stereocenters. The number of carbonyl (C=O) groups excluding carboxylic acids is 2. The Morgan fingerprint density at radius 1 is 1.23 bits per heavy atom. The number of rotatable bonds is 7. The minimum Gasteiger partial charge on any atom is -0.479 e. The van der Waals surface area contributed by atoms with Crippen LogP contribution in [-0.2, 0) is 9.53 Å². The van der Waals surface area contributed by atoms with Crippen LogP contribution in [0.15, 0.2) is 41.0 Å². The minimum atomic E-state index is -1.58. The SMILES string of the molecule is COCC(C)(NC(=O)c1ccc(C)c(NC(=O)c2ccco2)c1)C(=O)O. The fourth-order valence-corrected chi connectivity index (χ4v) is 2.25. The number of carboxylic acid groups (broad SMARTS) is 1. The van der Waals surface area contributed by atoms with Gasteiger partial charge in [0, 0.05) is 18.4 Å². The number of aliphatic carboxylic acids is 1. The largest absolute Gasteiger partial charge is 0.479 e. The topological polar surface area (TPSA) is 118 Å². The van der Waals surface area contributed by atoms with Gasteiger partial charge >= 0.3 is 5.97 Å². The normalized spacial score (nSPS) is 12.9. The summed E-state index contributed by atoms with van der Waals surface area (Å²) in [5.74, 6) is -2.13. The molecule has 3 N–H and O–H groups in total. The summed E-state index contributed by atoms with van der Waals surface area (Å²) in [7, 11) is 1.35. The van der Waals surface area contributed by atoms with E-state index in [0.717, 1.165) is 5.56 Å². The zero-order valence-electron chi connectivity index (χ0n) is 14.7. The summed E-state index contributed by atoms with van der Waals surface area (Å²) in [6.45, 7) is 2.93. The average Bonchev–Trinajstić information content (AvgIpc) is 3.11. The number of aryl methyl sites for hydroxylation is 1. The van der Waals surface area contributed by atoms with Gasteiger partial charge in [0.05, 0.1) is 12.9 Å². The molecule has 0 bridgehead atoms. The van der Waals surface area contributed by atoms with Crippen LogP contribution in [0.5, 0.6) is 0 Å². The van der Waals surface area contributed by atoms with Gasteiger partial charge in [0.1, 0.15) is 0 Å². The molecule has 8 heteroatoms. The van der Waals surface area contributed by atoms with Gasteiger partial charge in [0.25, 0.3) is 11.8 Å². The average molecular weight is 360 g/mol. The van der Waals surface area contributed by atoms with Crippen LogP contribution in [0.3, 0.4) is 0 Å². The molecule has 1 heterocycles. The van der Waals surface area contributed by atoms with Gasteiger partial charge in [-0.25, -0.2) is 4.79 Å². The Kier molecular flexibility index (Phi) is 5.78. The Morgan fingerprint density at radius 3 is 2.54 bits per heavy atom. The van der Waals surface area contributed by atoms with Crippen LogP contribution < -0.4 is 10.6 Å². The van der Waals surface area contributed by atoms with Gasteiger partial charge in [0.2, 0.25) is 0 Å². The van der Waals surface area contributed by atoms with Gasteiger partial charge in [0.15, 0.2) is 11.3 Å². The van der Waals surface area contributed by atoms with Crippen molar-refractivity contribution >= 4 is 23.5 Å². The van der Waals surface area contributed by atoms with Crippen LogP contribution in [-0.4, -0.2) is 42.1 Å². The number of ether oxygens (including phenoxy) is 1. The van der Waals surface area contributed by atoms with Crippen LogP contribution in [0.25, 0.3) is 0 Å². The zero-order chi connectivity index (χ0) is 19.3. The number of carboxylic acids is 1. The number of nitrogens with one attached hydrogen (secondary N) is 2. The van der Waals surface area contributed by atoms with Gasteiger partial charge in [-0.05, 0) is 43.7 Å². The summed E-state index contributed by atoms with van der Waals surface area (Å²) in [6, 6.07) is 7.78. The smallest absolute Gasteiger partial charge is 0.331 e. The number of hydrogen-bond acceptors (Lipinski definition) is 5. The number of benzene rings is 1.